The first-order valence-corrected chi connectivity index (χ1v) is 7.92. The van der Waals surface area contributed by atoms with Crippen molar-refractivity contribution in [3.05, 3.63) is 23.5 Å². The smallest absolute Gasteiger partial charge is 0.308 e. The Hall–Kier alpha value is -1.89. The third-order valence-corrected chi connectivity index (χ3v) is 4.79. The molecule has 1 aliphatic rings. The summed E-state index contributed by atoms with van der Waals surface area (Å²) in [6.45, 7) is 2.83. The fourth-order valence-corrected chi connectivity index (χ4v) is 3.67. The first-order valence-electron chi connectivity index (χ1n) is 7.04. The van der Waals surface area contributed by atoms with Crippen molar-refractivity contribution in [2.24, 2.45) is 11.8 Å². The molecular weight excluding hydrogens is 290 g/mol. The van der Waals surface area contributed by atoms with Gasteiger partial charge in [0.15, 0.2) is 4.96 Å². The van der Waals surface area contributed by atoms with Crippen molar-refractivity contribution in [3.8, 4) is 0 Å². The molecule has 2 aromatic heterocycles. The highest BCUT2D eigenvalue weighted by molar-refractivity contribution is 7.15. The van der Waals surface area contributed by atoms with Gasteiger partial charge in [0.1, 0.15) is 5.69 Å². The maximum atomic E-state index is 12.5. The predicted molar refractivity (Wildman–Crippen MR) is 78.5 cm³/mol. The van der Waals surface area contributed by atoms with E-state index in [9.17, 15) is 14.7 Å². The van der Waals surface area contributed by atoms with Gasteiger partial charge in [-0.15, -0.1) is 11.3 Å². The monoisotopic (exact) mass is 307 g/mol. The van der Waals surface area contributed by atoms with Gasteiger partial charge in [-0.3, -0.25) is 14.0 Å². The summed E-state index contributed by atoms with van der Waals surface area (Å²) in [5.74, 6) is -1.40. The van der Waals surface area contributed by atoms with Crippen LogP contribution in [0.1, 0.15) is 30.3 Å². The highest BCUT2D eigenvalue weighted by Crippen LogP contribution is 2.28. The lowest BCUT2D eigenvalue weighted by atomic mass is 9.92. The van der Waals surface area contributed by atoms with Gasteiger partial charge in [-0.25, -0.2) is 4.98 Å². The normalized spacial score (nSPS) is 22.0. The molecule has 1 aliphatic heterocycles. The zero-order chi connectivity index (χ0) is 15.0. The van der Waals surface area contributed by atoms with E-state index in [0.717, 1.165) is 17.8 Å². The van der Waals surface area contributed by atoms with Gasteiger partial charge in [0, 0.05) is 30.9 Å². The number of aromatic nitrogens is 2. The molecule has 0 bridgehead atoms. The molecule has 112 valence electrons. The van der Waals surface area contributed by atoms with Gasteiger partial charge in [0.25, 0.3) is 5.91 Å². The van der Waals surface area contributed by atoms with Crippen LogP contribution in [0, 0.1) is 11.8 Å². The number of carboxylic acids is 1. The van der Waals surface area contributed by atoms with Crippen LogP contribution in [-0.2, 0) is 4.79 Å². The molecule has 21 heavy (non-hydrogen) atoms. The summed E-state index contributed by atoms with van der Waals surface area (Å²) in [6, 6.07) is 0. The molecule has 2 aromatic rings. The second-order valence-corrected chi connectivity index (χ2v) is 6.30. The Labute approximate surface area is 126 Å². The van der Waals surface area contributed by atoms with Crippen LogP contribution in [0.25, 0.3) is 4.96 Å². The van der Waals surface area contributed by atoms with Crippen molar-refractivity contribution >= 4 is 28.2 Å². The molecule has 0 spiro atoms. The van der Waals surface area contributed by atoms with Crippen LogP contribution in [0.4, 0.5) is 0 Å². The number of imidazole rings is 1. The molecule has 0 unspecified atom stereocenters. The Balaban J connectivity index is 1.78. The molecule has 6 nitrogen and oxygen atoms in total. The van der Waals surface area contributed by atoms with Gasteiger partial charge in [-0.2, -0.15) is 0 Å². The van der Waals surface area contributed by atoms with Gasteiger partial charge in [0.05, 0.1) is 5.92 Å². The van der Waals surface area contributed by atoms with Crippen LogP contribution < -0.4 is 0 Å². The predicted octanol–water partition coefficient (Wildman–Crippen LogP) is 1.97. The highest BCUT2D eigenvalue weighted by atomic mass is 32.1. The minimum atomic E-state index is -0.811. The van der Waals surface area contributed by atoms with Crippen molar-refractivity contribution in [1.82, 2.24) is 14.3 Å². The Kier molecular flexibility index (Phi) is 3.67. The van der Waals surface area contributed by atoms with Crippen LogP contribution >= 0.6 is 11.3 Å². The zero-order valence-electron chi connectivity index (χ0n) is 11.7. The molecule has 1 N–H and O–H groups in total. The summed E-state index contributed by atoms with van der Waals surface area (Å²) in [5.41, 5.74) is 0.392. The molecule has 0 radical (unpaired) electrons. The number of carbonyl (C=O) groups is 2. The lowest BCUT2D eigenvalue weighted by Gasteiger charge is -2.14. The molecule has 2 atom stereocenters. The molecular formula is C14H17N3O3S. The van der Waals surface area contributed by atoms with Gasteiger partial charge in [0.2, 0.25) is 0 Å². The van der Waals surface area contributed by atoms with Crippen LogP contribution in [0.3, 0.4) is 0 Å². The minimum Gasteiger partial charge on any atom is -0.481 e. The molecule has 1 fully saturated rings. The summed E-state index contributed by atoms with van der Waals surface area (Å²) in [7, 11) is 0. The topological polar surface area (TPSA) is 74.9 Å². The lowest BCUT2D eigenvalue weighted by Crippen LogP contribution is -2.30. The molecule has 1 saturated heterocycles. The van der Waals surface area contributed by atoms with Gasteiger partial charge in [-0.1, -0.05) is 13.3 Å². The molecule has 3 rings (SSSR count). The second kappa shape index (κ2) is 5.48. The second-order valence-electron chi connectivity index (χ2n) is 5.42. The van der Waals surface area contributed by atoms with E-state index >= 15 is 0 Å². The number of thiazole rings is 1. The number of nitrogens with zero attached hydrogens (tertiary/aromatic N) is 3. The summed E-state index contributed by atoms with van der Waals surface area (Å²) in [6.07, 6.45) is 5.32. The quantitative estimate of drug-likeness (QED) is 0.937. The number of hydrogen-bond acceptors (Lipinski definition) is 4. The number of fused-ring (bicyclic) bond motifs is 1. The van der Waals surface area contributed by atoms with Crippen molar-refractivity contribution in [1.29, 1.82) is 0 Å². The largest absolute Gasteiger partial charge is 0.481 e. The number of aliphatic carboxylic acids is 1. The lowest BCUT2D eigenvalue weighted by molar-refractivity contribution is -0.142. The van der Waals surface area contributed by atoms with Crippen LogP contribution in [0.2, 0.25) is 0 Å². The van der Waals surface area contributed by atoms with E-state index < -0.39 is 11.9 Å². The van der Waals surface area contributed by atoms with E-state index in [1.165, 1.54) is 11.3 Å². The van der Waals surface area contributed by atoms with Crippen LogP contribution in [0.15, 0.2) is 17.8 Å². The molecule has 0 saturated carbocycles. The fourth-order valence-electron chi connectivity index (χ4n) is 2.97. The number of rotatable bonds is 4. The third kappa shape index (κ3) is 2.53. The van der Waals surface area contributed by atoms with Crippen LogP contribution in [-0.4, -0.2) is 44.4 Å². The Morgan fingerprint density at radius 1 is 1.48 bits per heavy atom. The third-order valence-electron chi connectivity index (χ3n) is 4.02. The Morgan fingerprint density at radius 2 is 2.29 bits per heavy atom. The van der Waals surface area contributed by atoms with Gasteiger partial charge >= 0.3 is 5.97 Å². The van der Waals surface area contributed by atoms with Crippen molar-refractivity contribution in [2.45, 2.75) is 19.8 Å². The molecule has 0 aromatic carbocycles. The average Bonchev–Trinajstić information content (AvgIpc) is 3.11. The van der Waals surface area contributed by atoms with E-state index in [2.05, 4.69) is 4.98 Å². The average molecular weight is 307 g/mol. The number of hydrogen-bond donors (Lipinski definition) is 1. The van der Waals surface area contributed by atoms with E-state index in [-0.39, 0.29) is 18.4 Å². The van der Waals surface area contributed by atoms with E-state index in [1.54, 1.807) is 11.1 Å². The summed E-state index contributed by atoms with van der Waals surface area (Å²) in [5, 5.41) is 11.2. The first-order chi connectivity index (χ1) is 10.1. The van der Waals surface area contributed by atoms with Crippen molar-refractivity contribution < 1.29 is 14.7 Å². The van der Waals surface area contributed by atoms with Gasteiger partial charge < -0.3 is 10.0 Å². The highest BCUT2D eigenvalue weighted by Gasteiger charge is 2.39. The van der Waals surface area contributed by atoms with Crippen molar-refractivity contribution in [3.63, 3.8) is 0 Å². The molecule has 7 heteroatoms. The van der Waals surface area contributed by atoms with Gasteiger partial charge in [-0.05, 0) is 12.3 Å². The molecule has 0 aliphatic carbocycles. The standard InChI is InChI=1S/C14H17N3O3S/c1-2-3-9-6-17(7-10(9)13(19)20)12(18)11-8-16-4-5-21-14(16)15-11/h4-5,8-10H,2-3,6-7H2,1H3,(H,19,20)/t9-,10-/m1/s1. The van der Waals surface area contributed by atoms with Crippen molar-refractivity contribution in [2.75, 3.05) is 13.1 Å². The number of carboxylic acid groups (broad SMARTS) is 1. The zero-order valence-corrected chi connectivity index (χ0v) is 12.5. The number of amides is 1. The summed E-state index contributed by atoms with van der Waals surface area (Å²) >= 11 is 1.47. The Bertz CT molecular complexity index is 649. The first kappa shape index (κ1) is 14.1. The van der Waals surface area contributed by atoms with Crippen LogP contribution in [0.5, 0.6) is 0 Å². The fraction of sp³-hybridized carbons (Fsp3) is 0.500. The maximum Gasteiger partial charge on any atom is 0.308 e. The number of likely N-dealkylation sites (tertiary alicyclic amines) is 1. The molecule has 3 heterocycles. The van der Waals surface area contributed by atoms with E-state index in [0.29, 0.717) is 12.2 Å². The van der Waals surface area contributed by atoms with E-state index in [4.69, 9.17) is 0 Å². The number of carbonyl (C=O) groups excluding carboxylic acids is 1. The summed E-state index contributed by atoms with van der Waals surface area (Å²) in [4.78, 5) is 30.5. The maximum absolute atomic E-state index is 12.5. The SMILES string of the molecule is CCC[C@@H]1CN(C(=O)c2cn3ccsc3n2)C[C@H]1C(=O)O. The summed E-state index contributed by atoms with van der Waals surface area (Å²) < 4.78 is 1.81. The van der Waals surface area contributed by atoms with E-state index in [1.807, 2.05) is 22.9 Å². The Morgan fingerprint density at radius 3 is 2.95 bits per heavy atom. The molecule has 1 amide bonds. The minimum absolute atomic E-state index is 0.0418.